The Labute approximate surface area is 84.0 Å². The van der Waals surface area contributed by atoms with Gasteiger partial charge in [-0.1, -0.05) is 30.4 Å². The maximum absolute atomic E-state index is 5.46. The molecule has 1 rings (SSSR count). The third-order valence-electron chi connectivity index (χ3n) is 1.81. The van der Waals surface area contributed by atoms with E-state index < -0.39 is 0 Å². The lowest BCUT2D eigenvalue weighted by molar-refractivity contribution is 1.15. The van der Waals surface area contributed by atoms with Crippen LogP contribution < -0.4 is 5.73 Å². The highest BCUT2D eigenvalue weighted by Crippen LogP contribution is 2.22. The molecular weight excluding hydrogens is 178 g/mol. The molecule has 1 aromatic rings. The van der Waals surface area contributed by atoms with Gasteiger partial charge in [-0.25, -0.2) is 0 Å². The van der Waals surface area contributed by atoms with Crippen LogP contribution >= 0.6 is 11.8 Å². The molecule has 0 radical (unpaired) electrons. The molecule has 70 valence electrons. The number of hydrogen-bond donors (Lipinski definition) is 1. The second kappa shape index (κ2) is 5.10. The summed E-state index contributed by atoms with van der Waals surface area (Å²) in [6, 6.07) is 8.36. The summed E-state index contributed by atoms with van der Waals surface area (Å²) >= 11 is 1.80. The summed E-state index contributed by atoms with van der Waals surface area (Å²) < 4.78 is 0. The Morgan fingerprint density at radius 1 is 1.46 bits per heavy atom. The predicted octanol–water partition coefficient (Wildman–Crippen LogP) is 2.60. The van der Waals surface area contributed by atoms with E-state index in [9.17, 15) is 0 Å². The minimum atomic E-state index is 0.582. The average Bonchev–Trinajstić information content (AvgIpc) is 2.16. The Balaban J connectivity index is 2.54. The first-order chi connectivity index (χ1) is 6.24. The minimum Gasteiger partial charge on any atom is -0.327 e. The van der Waals surface area contributed by atoms with Crippen LogP contribution in [0.25, 0.3) is 0 Å². The van der Waals surface area contributed by atoms with Gasteiger partial charge < -0.3 is 5.73 Å². The molecule has 0 saturated heterocycles. The van der Waals surface area contributed by atoms with Crippen LogP contribution in [-0.4, -0.2) is 12.3 Å². The van der Waals surface area contributed by atoms with Gasteiger partial charge in [0.1, 0.15) is 0 Å². The van der Waals surface area contributed by atoms with Crippen LogP contribution in [0.3, 0.4) is 0 Å². The van der Waals surface area contributed by atoms with E-state index in [2.05, 4.69) is 37.8 Å². The maximum atomic E-state index is 5.46. The summed E-state index contributed by atoms with van der Waals surface area (Å²) in [6.07, 6.45) is 0. The molecule has 0 heterocycles. The Kier molecular flexibility index (Phi) is 4.06. The van der Waals surface area contributed by atoms with Crippen molar-refractivity contribution < 1.29 is 0 Å². The van der Waals surface area contributed by atoms with E-state index in [1.807, 2.05) is 0 Å². The zero-order valence-electron chi connectivity index (χ0n) is 7.92. The van der Waals surface area contributed by atoms with Crippen molar-refractivity contribution in [3.05, 3.63) is 42.0 Å². The van der Waals surface area contributed by atoms with Crippen molar-refractivity contribution in [3.63, 3.8) is 0 Å². The highest BCUT2D eigenvalue weighted by Gasteiger charge is 1.98. The Morgan fingerprint density at radius 3 is 2.77 bits per heavy atom. The first-order valence-corrected chi connectivity index (χ1v) is 5.27. The van der Waals surface area contributed by atoms with Crippen molar-refractivity contribution in [3.8, 4) is 0 Å². The quantitative estimate of drug-likeness (QED) is 0.587. The number of aryl methyl sites for hydroxylation is 1. The Hall–Kier alpha value is -0.730. The van der Waals surface area contributed by atoms with Crippen LogP contribution in [-0.2, 0) is 0 Å². The van der Waals surface area contributed by atoms with Gasteiger partial charge in [0, 0.05) is 17.2 Å². The number of thioether (sulfide) groups is 1. The van der Waals surface area contributed by atoms with Gasteiger partial charge in [0.05, 0.1) is 0 Å². The van der Waals surface area contributed by atoms with E-state index in [0.717, 1.165) is 11.3 Å². The first-order valence-electron chi connectivity index (χ1n) is 4.29. The second-order valence-electron chi connectivity index (χ2n) is 3.01. The molecule has 0 aliphatic rings. The van der Waals surface area contributed by atoms with Gasteiger partial charge in [-0.3, -0.25) is 0 Å². The highest BCUT2D eigenvalue weighted by molar-refractivity contribution is 7.99. The average molecular weight is 193 g/mol. The van der Waals surface area contributed by atoms with Gasteiger partial charge in [-0.15, -0.1) is 11.8 Å². The molecule has 0 fully saturated rings. The van der Waals surface area contributed by atoms with Crippen molar-refractivity contribution in [1.82, 2.24) is 0 Å². The highest BCUT2D eigenvalue weighted by atomic mass is 32.2. The second-order valence-corrected chi connectivity index (χ2v) is 4.03. The van der Waals surface area contributed by atoms with Crippen molar-refractivity contribution in [2.45, 2.75) is 11.8 Å². The van der Waals surface area contributed by atoms with Crippen LogP contribution in [0, 0.1) is 6.92 Å². The molecule has 13 heavy (non-hydrogen) atoms. The maximum Gasteiger partial charge on any atom is 0.0200 e. The summed E-state index contributed by atoms with van der Waals surface area (Å²) in [5.41, 5.74) is 7.87. The summed E-state index contributed by atoms with van der Waals surface area (Å²) in [7, 11) is 0. The number of rotatable bonds is 4. The number of hydrogen-bond acceptors (Lipinski definition) is 2. The molecule has 0 atom stereocenters. The van der Waals surface area contributed by atoms with Crippen molar-refractivity contribution in [2.75, 3.05) is 12.3 Å². The van der Waals surface area contributed by atoms with E-state index in [-0.39, 0.29) is 0 Å². The molecule has 2 N–H and O–H groups in total. The summed E-state index contributed by atoms with van der Waals surface area (Å²) in [4.78, 5) is 1.32. The fraction of sp³-hybridized carbons (Fsp3) is 0.273. The molecule has 1 nitrogen and oxygen atoms in total. The standard InChI is InChI=1S/C11H15NS/c1-9(7-12)8-13-11-6-4-3-5-10(11)2/h3-6H,1,7-8,12H2,2H3. The summed E-state index contributed by atoms with van der Waals surface area (Å²) in [5.74, 6) is 0.918. The molecule has 0 spiro atoms. The van der Waals surface area contributed by atoms with Crippen LogP contribution in [0.2, 0.25) is 0 Å². The summed E-state index contributed by atoms with van der Waals surface area (Å²) in [6.45, 7) is 6.57. The molecule has 0 bridgehead atoms. The molecule has 1 aromatic carbocycles. The third-order valence-corrected chi connectivity index (χ3v) is 3.14. The van der Waals surface area contributed by atoms with Gasteiger partial charge in [-0.2, -0.15) is 0 Å². The predicted molar refractivity (Wildman–Crippen MR) is 60.1 cm³/mol. The number of nitrogens with two attached hydrogens (primary N) is 1. The van der Waals surface area contributed by atoms with Gasteiger partial charge in [0.15, 0.2) is 0 Å². The lowest BCUT2D eigenvalue weighted by Crippen LogP contribution is -2.03. The topological polar surface area (TPSA) is 26.0 Å². The van der Waals surface area contributed by atoms with E-state index in [1.54, 1.807) is 11.8 Å². The smallest absolute Gasteiger partial charge is 0.0200 e. The molecule has 2 heteroatoms. The normalized spacial score (nSPS) is 10.0. The molecule has 0 aliphatic heterocycles. The fourth-order valence-corrected chi connectivity index (χ4v) is 1.91. The molecule has 0 saturated carbocycles. The molecule has 0 aliphatic carbocycles. The van der Waals surface area contributed by atoms with Crippen LogP contribution in [0.4, 0.5) is 0 Å². The van der Waals surface area contributed by atoms with Crippen molar-refractivity contribution >= 4 is 11.8 Å². The van der Waals surface area contributed by atoms with Gasteiger partial charge in [0.25, 0.3) is 0 Å². The fourth-order valence-electron chi connectivity index (χ4n) is 0.957. The van der Waals surface area contributed by atoms with Gasteiger partial charge >= 0.3 is 0 Å². The van der Waals surface area contributed by atoms with Crippen LogP contribution in [0.5, 0.6) is 0 Å². The first kappa shape index (κ1) is 10.4. The molecule has 0 unspecified atom stereocenters. The SMILES string of the molecule is C=C(CN)CSc1ccccc1C. The molecular formula is C11H15NS. The van der Waals surface area contributed by atoms with Crippen molar-refractivity contribution in [2.24, 2.45) is 5.73 Å². The summed E-state index contributed by atoms with van der Waals surface area (Å²) in [5, 5.41) is 0. The van der Waals surface area contributed by atoms with E-state index in [0.29, 0.717) is 6.54 Å². The molecule has 0 amide bonds. The lowest BCUT2D eigenvalue weighted by atomic mass is 10.2. The zero-order valence-corrected chi connectivity index (χ0v) is 8.73. The van der Waals surface area contributed by atoms with Crippen molar-refractivity contribution in [1.29, 1.82) is 0 Å². The minimum absolute atomic E-state index is 0.582. The van der Waals surface area contributed by atoms with E-state index in [4.69, 9.17) is 5.73 Å². The third kappa shape index (κ3) is 3.25. The Bertz CT molecular complexity index is 294. The van der Waals surface area contributed by atoms with E-state index in [1.165, 1.54) is 10.5 Å². The van der Waals surface area contributed by atoms with Crippen LogP contribution in [0.1, 0.15) is 5.56 Å². The largest absolute Gasteiger partial charge is 0.327 e. The number of benzene rings is 1. The monoisotopic (exact) mass is 193 g/mol. The lowest BCUT2D eigenvalue weighted by Gasteiger charge is -2.05. The molecule has 0 aromatic heterocycles. The Morgan fingerprint density at radius 2 is 2.15 bits per heavy atom. The van der Waals surface area contributed by atoms with Gasteiger partial charge in [-0.05, 0) is 18.6 Å². The zero-order chi connectivity index (χ0) is 9.68. The van der Waals surface area contributed by atoms with Gasteiger partial charge in [0.2, 0.25) is 0 Å². The van der Waals surface area contributed by atoms with E-state index >= 15 is 0 Å². The van der Waals surface area contributed by atoms with Crippen LogP contribution in [0.15, 0.2) is 41.3 Å².